The van der Waals surface area contributed by atoms with Crippen LogP contribution in [0.4, 0.5) is 0 Å². The van der Waals surface area contributed by atoms with Crippen molar-refractivity contribution in [2.75, 3.05) is 7.11 Å². The highest BCUT2D eigenvalue weighted by Crippen LogP contribution is 2.38. The zero-order valence-corrected chi connectivity index (χ0v) is 12.7. The maximum absolute atomic E-state index is 12.4. The third-order valence-electron chi connectivity index (χ3n) is 4.05. The number of fused-ring (bicyclic) bond motifs is 1. The molecule has 3 rings (SSSR count). The molecule has 0 aliphatic heterocycles. The van der Waals surface area contributed by atoms with Gasteiger partial charge in [0, 0.05) is 25.4 Å². The van der Waals surface area contributed by atoms with Gasteiger partial charge in [0.2, 0.25) is 11.8 Å². The number of amides is 1. The number of hydrogen-bond donors (Lipinski definition) is 2. The maximum Gasteiger partial charge on any atom is 0.237 e. The van der Waals surface area contributed by atoms with Crippen LogP contribution in [-0.2, 0) is 24.8 Å². The Bertz CT molecular complexity index is 709. The van der Waals surface area contributed by atoms with Crippen molar-refractivity contribution < 1.29 is 14.6 Å². The average Bonchev–Trinajstić information content (AvgIpc) is 3.09. The summed E-state index contributed by atoms with van der Waals surface area (Å²) in [5.74, 6) is 0.344. The average molecular weight is 301 g/mol. The second-order valence-corrected chi connectivity index (χ2v) is 5.50. The van der Waals surface area contributed by atoms with Crippen molar-refractivity contribution in [3.63, 3.8) is 0 Å². The first-order valence-corrected chi connectivity index (χ1v) is 7.25. The second-order valence-electron chi connectivity index (χ2n) is 5.50. The van der Waals surface area contributed by atoms with E-state index in [0.717, 1.165) is 29.5 Å². The number of carbonyl (C=O) groups excluding carboxylic acids is 1. The van der Waals surface area contributed by atoms with E-state index in [2.05, 4.69) is 10.4 Å². The molecule has 1 aromatic carbocycles. The number of ether oxygens (including phenoxy) is 1. The highest BCUT2D eigenvalue weighted by molar-refractivity contribution is 5.85. The van der Waals surface area contributed by atoms with Crippen LogP contribution in [0, 0.1) is 0 Å². The van der Waals surface area contributed by atoms with Gasteiger partial charge in [0.25, 0.3) is 0 Å². The Labute approximate surface area is 128 Å². The van der Waals surface area contributed by atoms with E-state index in [9.17, 15) is 9.90 Å². The molecule has 1 aliphatic carbocycles. The lowest BCUT2D eigenvalue weighted by Crippen LogP contribution is -2.28. The molecule has 116 valence electrons. The van der Waals surface area contributed by atoms with Gasteiger partial charge in [-0.3, -0.25) is 9.48 Å². The highest BCUT2D eigenvalue weighted by atomic mass is 16.5. The van der Waals surface area contributed by atoms with Crippen molar-refractivity contribution in [2.24, 2.45) is 7.05 Å². The number of hydrogen-bond acceptors (Lipinski definition) is 4. The lowest BCUT2D eigenvalue weighted by molar-refractivity contribution is -0.122. The number of phenols is 1. The van der Waals surface area contributed by atoms with E-state index in [1.807, 2.05) is 18.3 Å². The number of nitrogens with one attached hydrogen (secondary N) is 1. The van der Waals surface area contributed by atoms with Gasteiger partial charge in [-0.25, -0.2) is 0 Å². The fourth-order valence-electron chi connectivity index (χ4n) is 3.04. The molecule has 6 nitrogen and oxygen atoms in total. The molecule has 0 bridgehead atoms. The Morgan fingerprint density at radius 3 is 3.14 bits per heavy atom. The molecule has 1 aliphatic rings. The summed E-state index contributed by atoms with van der Waals surface area (Å²) < 4.78 is 6.83. The van der Waals surface area contributed by atoms with Gasteiger partial charge in [0.1, 0.15) is 5.75 Å². The number of aromatic nitrogens is 2. The Morgan fingerprint density at radius 2 is 2.36 bits per heavy atom. The number of aromatic hydroxyl groups is 1. The summed E-state index contributed by atoms with van der Waals surface area (Å²) in [7, 11) is 3.36. The molecule has 2 aromatic rings. The number of aryl methyl sites for hydroxylation is 2. The van der Waals surface area contributed by atoms with Gasteiger partial charge in [0.05, 0.1) is 18.6 Å². The molecular formula is C16H19N3O3. The van der Waals surface area contributed by atoms with Crippen LogP contribution in [0.3, 0.4) is 0 Å². The summed E-state index contributed by atoms with van der Waals surface area (Å²) in [5, 5.41) is 17.1. The third kappa shape index (κ3) is 2.52. The predicted octanol–water partition coefficient (Wildman–Crippen LogP) is 1.48. The molecule has 0 saturated heterocycles. The minimum Gasteiger partial charge on any atom is -0.508 e. The van der Waals surface area contributed by atoms with E-state index in [-0.39, 0.29) is 17.6 Å². The molecule has 0 saturated carbocycles. The number of rotatable bonds is 4. The molecule has 1 unspecified atom stereocenters. The molecule has 1 aromatic heterocycles. The molecule has 1 atom stereocenters. The van der Waals surface area contributed by atoms with E-state index < -0.39 is 0 Å². The largest absolute Gasteiger partial charge is 0.508 e. The molecule has 1 heterocycles. The molecule has 0 radical (unpaired) electrons. The number of benzene rings is 1. The van der Waals surface area contributed by atoms with Crippen LogP contribution in [0.25, 0.3) is 0 Å². The van der Waals surface area contributed by atoms with Gasteiger partial charge in [0.15, 0.2) is 0 Å². The Hall–Kier alpha value is -2.50. The first kappa shape index (κ1) is 14.4. The topological polar surface area (TPSA) is 76.4 Å². The van der Waals surface area contributed by atoms with Gasteiger partial charge >= 0.3 is 0 Å². The maximum atomic E-state index is 12.4. The van der Waals surface area contributed by atoms with Crippen molar-refractivity contribution in [2.45, 2.75) is 25.3 Å². The Balaban J connectivity index is 1.72. The summed E-state index contributed by atoms with van der Waals surface area (Å²) in [6.45, 7) is 0.356. The lowest BCUT2D eigenvalue weighted by atomic mass is 9.99. The van der Waals surface area contributed by atoms with E-state index in [1.165, 1.54) is 0 Å². The summed E-state index contributed by atoms with van der Waals surface area (Å²) in [4.78, 5) is 12.4. The smallest absolute Gasteiger partial charge is 0.237 e. The number of nitrogens with zero attached hydrogens (tertiary/aromatic N) is 2. The minimum atomic E-state index is -0.293. The van der Waals surface area contributed by atoms with Gasteiger partial charge in [-0.2, -0.15) is 0 Å². The normalized spacial score (nSPS) is 16.4. The van der Waals surface area contributed by atoms with Crippen LogP contribution in [0.2, 0.25) is 0 Å². The summed E-state index contributed by atoms with van der Waals surface area (Å²) in [6.07, 6.45) is 3.36. The zero-order valence-electron chi connectivity index (χ0n) is 12.7. The second kappa shape index (κ2) is 5.71. The van der Waals surface area contributed by atoms with E-state index in [4.69, 9.17) is 4.74 Å². The highest BCUT2D eigenvalue weighted by Gasteiger charge is 2.31. The van der Waals surface area contributed by atoms with Crippen molar-refractivity contribution in [1.82, 2.24) is 15.1 Å². The third-order valence-corrected chi connectivity index (χ3v) is 4.05. The standard InChI is InChI=1S/C16H19N3O3/c1-19-9-11(16(18-19)22-2)8-17-15(21)12-7-6-10-4-3-5-13(20)14(10)12/h3-5,9,12,20H,6-8H2,1-2H3,(H,17,21). The van der Waals surface area contributed by atoms with Crippen LogP contribution in [0.1, 0.15) is 29.0 Å². The van der Waals surface area contributed by atoms with Crippen molar-refractivity contribution in [1.29, 1.82) is 0 Å². The molecule has 6 heteroatoms. The zero-order chi connectivity index (χ0) is 15.7. The summed E-state index contributed by atoms with van der Waals surface area (Å²) >= 11 is 0. The van der Waals surface area contributed by atoms with Crippen LogP contribution >= 0.6 is 0 Å². The monoisotopic (exact) mass is 301 g/mol. The molecule has 22 heavy (non-hydrogen) atoms. The van der Waals surface area contributed by atoms with E-state index >= 15 is 0 Å². The number of methoxy groups -OCH3 is 1. The van der Waals surface area contributed by atoms with Crippen LogP contribution in [-0.4, -0.2) is 27.9 Å². The number of phenolic OH excluding ortho intramolecular Hbond substituents is 1. The summed E-state index contributed by atoms with van der Waals surface area (Å²) in [6, 6.07) is 5.41. The van der Waals surface area contributed by atoms with Crippen molar-refractivity contribution >= 4 is 5.91 Å². The van der Waals surface area contributed by atoms with Gasteiger partial charge < -0.3 is 15.2 Å². The molecule has 0 fully saturated rings. The Kier molecular flexibility index (Phi) is 3.75. The van der Waals surface area contributed by atoms with Crippen LogP contribution < -0.4 is 10.1 Å². The molecule has 1 amide bonds. The fraction of sp³-hybridized carbons (Fsp3) is 0.375. The fourth-order valence-corrected chi connectivity index (χ4v) is 3.04. The molecule has 0 spiro atoms. The van der Waals surface area contributed by atoms with Gasteiger partial charge in [-0.1, -0.05) is 12.1 Å². The SMILES string of the molecule is COc1nn(C)cc1CNC(=O)C1CCc2cccc(O)c21. The van der Waals surface area contributed by atoms with Gasteiger partial charge in [-0.15, -0.1) is 5.10 Å². The first-order valence-electron chi connectivity index (χ1n) is 7.25. The van der Waals surface area contributed by atoms with E-state index in [0.29, 0.717) is 12.4 Å². The number of carbonyl (C=O) groups is 1. The summed E-state index contributed by atoms with van der Waals surface area (Å²) in [5.41, 5.74) is 2.64. The van der Waals surface area contributed by atoms with E-state index in [1.54, 1.807) is 24.9 Å². The predicted molar refractivity (Wildman–Crippen MR) is 80.8 cm³/mol. The first-order chi connectivity index (χ1) is 10.6. The molecule has 2 N–H and O–H groups in total. The van der Waals surface area contributed by atoms with Crippen LogP contribution in [0.5, 0.6) is 11.6 Å². The Morgan fingerprint density at radius 1 is 1.55 bits per heavy atom. The minimum absolute atomic E-state index is 0.0776. The van der Waals surface area contributed by atoms with Crippen molar-refractivity contribution in [3.8, 4) is 11.6 Å². The molecular weight excluding hydrogens is 282 g/mol. The lowest BCUT2D eigenvalue weighted by Gasteiger charge is -2.13. The quantitative estimate of drug-likeness (QED) is 0.897. The van der Waals surface area contributed by atoms with Crippen molar-refractivity contribution in [3.05, 3.63) is 41.1 Å². The van der Waals surface area contributed by atoms with Crippen LogP contribution in [0.15, 0.2) is 24.4 Å². The van der Waals surface area contributed by atoms with Gasteiger partial charge in [-0.05, 0) is 24.5 Å².